The number of guanidine groups is 1. The molecule has 1 amide bonds. The zero-order chi connectivity index (χ0) is 18.4. The van der Waals surface area contributed by atoms with Crippen molar-refractivity contribution in [3.63, 3.8) is 0 Å². The number of hydrogen-bond acceptors (Lipinski definition) is 4. The minimum atomic E-state index is -1.64. The Bertz CT molecular complexity index is 800. The maximum absolute atomic E-state index is 13.5. The van der Waals surface area contributed by atoms with Crippen LogP contribution in [0, 0.1) is 24.4 Å². The number of aromatic nitrogens is 1. The summed E-state index contributed by atoms with van der Waals surface area (Å²) < 4.78 is 39.5. The molecule has 0 spiro atoms. The lowest BCUT2D eigenvalue weighted by molar-refractivity contribution is -0.115. The number of benzene rings is 1. The van der Waals surface area contributed by atoms with Gasteiger partial charge in [0.05, 0.1) is 18.8 Å². The normalized spacial score (nSPS) is 10.9. The van der Waals surface area contributed by atoms with Crippen LogP contribution in [0.25, 0.3) is 0 Å². The summed E-state index contributed by atoms with van der Waals surface area (Å²) in [6.07, 6.45) is 0. The monoisotopic (exact) mass is 499 g/mol. The summed E-state index contributed by atoms with van der Waals surface area (Å²) in [6.45, 7) is 2.07. The highest BCUT2D eigenvalue weighted by molar-refractivity contribution is 14.0. The van der Waals surface area contributed by atoms with Crippen molar-refractivity contribution in [3.05, 3.63) is 45.7 Å². The molecule has 0 radical (unpaired) electrons. The highest BCUT2D eigenvalue weighted by Gasteiger charge is 2.15. The van der Waals surface area contributed by atoms with Gasteiger partial charge in [0.15, 0.2) is 23.4 Å². The Hall–Kier alpha value is -1.89. The minimum absolute atomic E-state index is 0. The fourth-order valence-electron chi connectivity index (χ4n) is 1.84. The van der Waals surface area contributed by atoms with Crippen LogP contribution in [0.1, 0.15) is 10.7 Å². The van der Waals surface area contributed by atoms with Gasteiger partial charge in [-0.15, -0.1) is 35.3 Å². The van der Waals surface area contributed by atoms with Gasteiger partial charge in [-0.3, -0.25) is 9.79 Å². The molecule has 0 atom stereocenters. The summed E-state index contributed by atoms with van der Waals surface area (Å²) in [6, 6.07) is 1.68. The molecular formula is C15H17F3IN5OS. The van der Waals surface area contributed by atoms with Crippen molar-refractivity contribution in [2.45, 2.75) is 13.5 Å². The maximum Gasteiger partial charge on any atom is 0.243 e. The van der Waals surface area contributed by atoms with Crippen LogP contribution in [-0.4, -0.2) is 30.4 Å². The molecule has 1 heterocycles. The fourth-order valence-corrected chi connectivity index (χ4v) is 2.56. The molecule has 0 fully saturated rings. The molecule has 1 aromatic heterocycles. The lowest BCUT2D eigenvalue weighted by atomic mass is 10.2. The van der Waals surface area contributed by atoms with Crippen molar-refractivity contribution in [1.29, 1.82) is 0 Å². The molecule has 142 valence electrons. The Balaban J connectivity index is 0.00000338. The molecule has 26 heavy (non-hydrogen) atoms. The van der Waals surface area contributed by atoms with Gasteiger partial charge in [-0.25, -0.2) is 18.2 Å². The molecule has 0 bridgehead atoms. The van der Waals surface area contributed by atoms with Crippen LogP contribution in [-0.2, 0) is 11.3 Å². The van der Waals surface area contributed by atoms with E-state index in [2.05, 4.69) is 25.9 Å². The molecule has 2 aromatic rings. The molecular weight excluding hydrogens is 482 g/mol. The fraction of sp³-hybridized carbons (Fsp3) is 0.267. The zero-order valence-corrected chi connectivity index (χ0v) is 17.0. The van der Waals surface area contributed by atoms with E-state index >= 15 is 0 Å². The second-order valence-electron chi connectivity index (χ2n) is 4.93. The van der Waals surface area contributed by atoms with E-state index in [1.54, 1.807) is 0 Å². The van der Waals surface area contributed by atoms with Gasteiger partial charge < -0.3 is 16.0 Å². The third kappa shape index (κ3) is 6.12. The van der Waals surface area contributed by atoms with E-state index in [-0.39, 0.29) is 30.5 Å². The van der Waals surface area contributed by atoms with Crippen molar-refractivity contribution >= 4 is 52.9 Å². The highest BCUT2D eigenvalue weighted by atomic mass is 127. The summed E-state index contributed by atoms with van der Waals surface area (Å²) in [5, 5.41) is 10.6. The summed E-state index contributed by atoms with van der Waals surface area (Å²) in [5.41, 5.74) is 0.476. The van der Waals surface area contributed by atoms with E-state index < -0.39 is 29.0 Å². The van der Waals surface area contributed by atoms with Gasteiger partial charge in [-0.05, 0) is 19.1 Å². The van der Waals surface area contributed by atoms with Gasteiger partial charge in [-0.1, -0.05) is 0 Å². The zero-order valence-electron chi connectivity index (χ0n) is 13.9. The topological polar surface area (TPSA) is 78.4 Å². The number of nitrogens with zero attached hydrogens (tertiary/aromatic N) is 2. The van der Waals surface area contributed by atoms with E-state index in [0.717, 1.165) is 22.8 Å². The number of hydrogen-bond donors (Lipinski definition) is 3. The Morgan fingerprint density at radius 2 is 1.96 bits per heavy atom. The number of aryl methyl sites for hydroxylation is 1. The maximum atomic E-state index is 13.5. The van der Waals surface area contributed by atoms with Crippen molar-refractivity contribution in [3.8, 4) is 0 Å². The number of nitrogens with one attached hydrogen (secondary N) is 3. The molecule has 0 saturated heterocycles. The van der Waals surface area contributed by atoms with Gasteiger partial charge in [0.1, 0.15) is 5.01 Å². The van der Waals surface area contributed by atoms with Gasteiger partial charge in [0.25, 0.3) is 0 Å². The van der Waals surface area contributed by atoms with E-state index in [4.69, 9.17) is 0 Å². The molecule has 1 aromatic carbocycles. The lowest BCUT2D eigenvalue weighted by Crippen LogP contribution is -2.41. The Morgan fingerprint density at radius 3 is 2.58 bits per heavy atom. The van der Waals surface area contributed by atoms with Gasteiger partial charge in [0, 0.05) is 18.1 Å². The summed E-state index contributed by atoms with van der Waals surface area (Å²) in [7, 11) is 1.52. The molecule has 0 aliphatic rings. The number of thiazole rings is 1. The van der Waals surface area contributed by atoms with Crippen molar-refractivity contribution < 1.29 is 18.0 Å². The Kier molecular flexibility index (Phi) is 8.78. The number of anilines is 1. The van der Waals surface area contributed by atoms with E-state index in [9.17, 15) is 18.0 Å². The van der Waals surface area contributed by atoms with Crippen LogP contribution in [0.3, 0.4) is 0 Å². The van der Waals surface area contributed by atoms with Crippen molar-refractivity contribution in [2.75, 3.05) is 18.9 Å². The first-order valence-electron chi connectivity index (χ1n) is 7.19. The largest absolute Gasteiger partial charge is 0.350 e. The number of carbonyl (C=O) groups excluding carboxylic acids is 1. The van der Waals surface area contributed by atoms with Crippen LogP contribution in [0.5, 0.6) is 0 Å². The number of amides is 1. The number of rotatable bonds is 5. The van der Waals surface area contributed by atoms with Crippen LogP contribution in [0.15, 0.2) is 22.5 Å². The second kappa shape index (κ2) is 10.3. The first-order chi connectivity index (χ1) is 11.9. The third-order valence-corrected chi connectivity index (χ3v) is 3.99. The Labute approximate surface area is 169 Å². The van der Waals surface area contributed by atoms with Crippen molar-refractivity contribution in [2.24, 2.45) is 4.99 Å². The van der Waals surface area contributed by atoms with Crippen molar-refractivity contribution in [1.82, 2.24) is 15.6 Å². The number of halogens is 4. The molecule has 11 heteroatoms. The van der Waals surface area contributed by atoms with Gasteiger partial charge in [-0.2, -0.15) is 0 Å². The van der Waals surface area contributed by atoms with Gasteiger partial charge >= 0.3 is 0 Å². The predicted octanol–water partition coefficient (Wildman–Crippen LogP) is 2.79. The van der Waals surface area contributed by atoms with E-state index in [0.29, 0.717) is 12.5 Å². The summed E-state index contributed by atoms with van der Waals surface area (Å²) in [5.74, 6) is -4.71. The molecule has 3 N–H and O–H groups in total. The molecule has 2 rings (SSSR count). The smallest absolute Gasteiger partial charge is 0.243 e. The highest BCUT2D eigenvalue weighted by Crippen LogP contribution is 2.19. The minimum Gasteiger partial charge on any atom is -0.350 e. The lowest BCUT2D eigenvalue weighted by Gasteiger charge is -2.11. The average molecular weight is 499 g/mol. The first-order valence-corrected chi connectivity index (χ1v) is 8.07. The standard InChI is InChI=1S/C15H16F3N5OS.HI/c1-8-7-25-12(22-8)6-21-15(19-2)20-5-11(24)23-10-4-3-9(16)13(17)14(10)18;/h3-4,7H,5-6H2,1-2H3,(H,23,24)(H2,19,20,21);1H. The van der Waals surface area contributed by atoms with Crippen LogP contribution in [0.4, 0.5) is 18.9 Å². The molecule has 6 nitrogen and oxygen atoms in total. The molecule has 0 aliphatic heterocycles. The van der Waals surface area contributed by atoms with E-state index in [1.807, 2.05) is 12.3 Å². The first kappa shape index (κ1) is 22.2. The second-order valence-corrected chi connectivity index (χ2v) is 5.88. The summed E-state index contributed by atoms with van der Waals surface area (Å²) >= 11 is 1.49. The van der Waals surface area contributed by atoms with Crippen LogP contribution in [0.2, 0.25) is 0 Å². The van der Waals surface area contributed by atoms with E-state index in [1.165, 1.54) is 18.4 Å². The summed E-state index contributed by atoms with van der Waals surface area (Å²) in [4.78, 5) is 20.0. The SMILES string of the molecule is CN=C(NCC(=O)Nc1ccc(F)c(F)c1F)NCc1nc(C)cs1.I. The quantitative estimate of drug-likeness (QED) is 0.256. The predicted molar refractivity (Wildman–Crippen MR) is 105 cm³/mol. The molecule has 0 unspecified atom stereocenters. The number of carbonyl (C=O) groups is 1. The molecule has 0 saturated carbocycles. The third-order valence-electron chi connectivity index (χ3n) is 3.02. The number of aliphatic imine (C=N–C) groups is 1. The van der Waals surface area contributed by atoms with Crippen LogP contribution < -0.4 is 16.0 Å². The molecule has 0 aliphatic carbocycles. The Morgan fingerprint density at radius 1 is 1.23 bits per heavy atom. The van der Waals surface area contributed by atoms with Gasteiger partial charge in [0.2, 0.25) is 5.91 Å². The average Bonchev–Trinajstić information content (AvgIpc) is 3.01. The van der Waals surface area contributed by atoms with Crippen LogP contribution >= 0.6 is 35.3 Å².